The Morgan fingerprint density at radius 2 is 2.05 bits per heavy atom. The molecule has 2 amide bonds. The molecule has 0 radical (unpaired) electrons. The van der Waals surface area contributed by atoms with Crippen molar-refractivity contribution in [3.8, 4) is 0 Å². The molecule has 6 heteroatoms. The van der Waals surface area contributed by atoms with Gasteiger partial charge in [-0.2, -0.15) is 0 Å². The molecule has 1 aromatic carbocycles. The molecule has 4 nitrogen and oxygen atoms in total. The second-order valence-corrected chi connectivity index (χ2v) is 6.80. The Morgan fingerprint density at radius 1 is 1.37 bits per heavy atom. The maximum atomic E-state index is 12.5. The molecular formula is C13H14Br2N2O2. The third kappa shape index (κ3) is 2.84. The fourth-order valence-corrected chi connectivity index (χ4v) is 2.94. The van der Waals surface area contributed by atoms with E-state index in [1.165, 1.54) is 0 Å². The molecule has 2 N–H and O–H groups in total. The van der Waals surface area contributed by atoms with Crippen LogP contribution in [0.25, 0.3) is 0 Å². The van der Waals surface area contributed by atoms with Gasteiger partial charge < -0.3 is 10.6 Å². The molecule has 0 bridgehead atoms. The number of carbonyl (C=O) groups excluding carboxylic acids is 2. The van der Waals surface area contributed by atoms with E-state index in [2.05, 4.69) is 31.9 Å². The zero-order valence-electron chi connectivity index (χ0n) is 10.5. The lowest BCUT2D eigenvalue weighted by atomic mass is 9.89. The molecular weight excluding hydrogens is 376 g/mol. The van der Waals surface area contributed by atoms with E-state index in [1.807, 2.05) is 12.1 Å². The average molecular weight is 390 g/mol. The fraction of sp³-hybridized carbons (Fsp3) is 0.385. The maximum Gasteiger partial charge on any atom is 0.255 e. The third-order valence-corrected chi connectivity index (χ3v) is 4.70. The average Bonchev–Trinajstić information content (AvgIpc) is 2.76. The maximum absolute atomic E-state index is 12.5. The van der Waals surface area contributed by atoms with Crippen LogP contribution in [0.3, 0.4) is 0 Å². The number of benzene rings is 1. The van der Waals surface area contributed by atoms with Gasteiger partial charge >= 0.3 is 0 Å². The summed E-state index contributed by atoms with van der Waals surface area (Å²) in [6, 6.07) is 5.45. The predicted octanol–water partition coefficient (Wildman–Crippen LogP) is 2.55. The van der Waals surface area contributed by atoms with Crippen LogP contribution in [0.1, 0.15) is 23.7 Å². The van der Waals surface area contributed by atoms with Crippen LogP contribution in [-0.2, 0) is 4.79 Å². The summed E-state index contributed by atoms with van der Waals surface area (Å²) >= 11 is 6.73. The van der Waals surface area contributed by atoms with E-state index in [0.29, 0.717) is 25.1 Å². The van der Waals surface area contributed by atoms with Crippen molar-refractivity contribution in [3.63, 3.8) is 0 Å². The minimum atomic E-state index is -0.617. The molecule has 1 heterocycles. The largest absolute Gasteiger partial charge is 0.369 e. The monoisotopic (exact) mass is 388 g/mol. The number of likely N-dealkylation sites (tertiary alicyclic amines) is 1. The highest BCUT2D eigenvalue weighted by Gasteiger charge is 2.41. The Morgan fingerprint density at radius 3 is 2.63 bits per heavy atom. The first-order chi connectivity index (χ1) is 8.83. The van der Waals surface area contributed by atoms with Crippen molar-refractivity contribution in [1.82, 2.24) is 4.90 Å². The van der Waals surface area contributed by atoms with Crippen molar-refractivity contribution in [2.45, 2.75) is 13.3 Å². The van der Waals surface area contributed by atoms with Gasteiger partial charge in [0.2, 0.25) is 5.91 Å². The number of halogens is 2. The van der Waals surface area contributed by atoms with Crippen LogP contribution in [0.4, 0.5) is 0 Å². The molecule has 1 fully saturated rings. The summed E-state index contributed by atoms with van der Waals surface area (Å²) in [4.78, 5) is 25.5. The first-order valence-electron chi connectivity index (χ1n) is 5.88. The molecule has 1 unspecified atom stereocenters. The lowest BCUT2D eigenvalue weighted by molar-refractivity contribution is -0.126. The van der Waals surface area contributed by atoms with Crippen molar-refractivity contribution >= 4 is 43.7 Å². The standard InChI is InChI=1S/C13H14Br2N2O2/c1-13(12(16)19)4-5-17(7-13)11(18)9-6-8(14)2-3-10(9)15/h2-3,6H,4-5,7H2,1H3,(H2,16,19). The lowest BCUT2D eigenvalue weighted by Crippen LogP contribution is -2.38. The summed E-state index contributed by atoms with van der Waals surface area (Å²) in [5.74, 6) is -0.436. The normalized spacial score (nSPS) is 22.6. The van der Waals surface area contributed by atoms with Crippen LogP contribution in [0.2, 0.25) is 0 Å². The molecule has 0 spiro atoms. The molecule has 0 aromatic heterocycles. The van der Waals surface area contributed by atoms with Crippen LogP contribution >= 0.6 is 31.9 Å². The van der Waals surface area contributed by atoms with Crippen molar-refractivity contribution in [3.05, 3.63) is 32.7 Å². The van der Waals surface area contributed by atoms with Gasteiger partial charge in [0.25, 0.3) is 5.91 Å². The predicted molar refractivity (Wildman–Crippen MR) is 79.7 cm³/mol. The Bertz CT molecular complexity index is 547. The van der Waals surface area contributed by atoms with E-state index >= 15 is 0 Å². The number of hydrogen-bond donors (Lipinski definition) is 1. The third-order valence-electron chi connectivity index (χ3n) is 3.51. The minimum absolute atomic E-state index is 0.0850. The van der Waals surface area contributed by atoms with Crippen LogP contribution < -0.4 is 5.73 Å². The first kappa shape index (κ1) is 14.5. The highest BCUT2D eigenvalue weighted by Crippen LogP contribution is 2.32. The Balaban J connectivity index is 2.22. The molecule has 0 aliphatic carbocycles. The van der Waals surface area contributed by atoms with Gasteiger partial charge in [-0.05, 0) is 47.5 Å². The number of carbonyl (C=O) groups is 2. The van der Waals surface area contributed by atoms with Crippen molar-refractivity contribution in [1.29, 1.82) is 0 Å². The Hall–Kier alpha value is -0.880. The Kier molecular flexibility index (Phi) is 4.01. The quantitative estimate of drug-likeness (QED) is 0.844. The first-order valence-corrected chi connectivity index (χ1v) is 7.46. The molecule has 1 aromatic rings. The van der Waals surface area contributed by atoms with Gasteiger partial charge in [0.15, 0.2) is 0 Å². The van der Waals surface area contributed by atoms with Crippen LogP contribution in [0.5, 0.6) is 0 Å². The highest BCUT2D eigenvalue weighted by molar-refractivity contribution is 9.11. The van der Waals surface area contributed by atoms with Gasteiger partial charge in [-0.1, -0.05) is 15.9 Å². The van der Waals surface area contributed by atoms with Crippen LogP contribution in [-0.4, -0.2) is 29.8 Å². The van der Waals surface area contributed by atoms with E-state index in [9.17, 15) is 9.59 Å². The van der Waals surface area contributed by atoms with Crippen LogP contribution in [0.15, 0.2) is 27.1 Å². The fourth-order valence-electron chi connectivity index (χ4n) is 2.17. The summed E-state index contributed by atoms with van der Waals surface area (Å²) in [6.45, 7) is 2.73. The lowest BCUT2D eigenvalue weighted by Gasteiger charge is -2.21. The summed E-state index contributed by atoms with van der Waals surface area (Å²) in [5, 5.41) is 0. The molecule has 1 saturated heterocycles. The van der Waals surface area contributed by atoms with Crippen molar-refractivity contribution < 1.29 is 9.59 Å². The van der Waals surface area contributed by atoms with E-state index in [0.717, 1.165) is 8.95 Å². The molecule has 1 aliphatic heterocycles. The zero-order chi connectivity index (χ0) is 14.2. The number of nitrogens with two attached hydrogens (primary N) is 1. The summed E-state index contributed by atoms with van der Waals surface area (Å²) in [6.07, 6.45) is 0.611. The van der Waals surface area contributed by atoms with E-state index in [4.69, 9.17) is 5.73 Å². The number of hydrogen-bond acceptors (Lipinski definition) is 2. The second-order valence-electron chi connectivity index (χ2n) is 5.03. The van der Waals surface area contributed by atoms with Crippen LogP contribution in [0, 0.1) is 5.41 Å². The van der Waals surface area contributed by atoms with Gasteiger partial charge in [0, 0.05) is 22.0 Å². The summed E-state index contributed by atoms with van der Waals surface area (Å²) in [5.41, 5.74) is 5.36. The van der Waals surface area contributed by atoms with Gasteiger partial charge in [-0.25, -0.2) is 0 Å². The van der Waals surface area contributed by atoms with Crippen molar-refractivity contribution in [2.75, 3.05) is 13.1 Å². The van der Waals surface area contributed by atoms with Gasteiger partial charge in [0.05, 0.1) is 11.0 Å². The Labute approximate surface area is 128 Å². The number of rotatable bonds is 2. The topological polar surface area (TPSA) is 63.4 Å². The number of primary amides is 1. The van der Waals surface area contributed by atoms with E-state index in [-0.39, 0.29) is 11.8 Å². The number of nitrogens with zero attached hydrogens (tertiary/aromatic N) is 1. The molecule has 2 rings (SSSR count). The minimum Gasteiger partial charge on any atom is -0.369 e. The summed E-state index contributed by atoms with van der Waals surface area (Å²) in [7, 11) is 0. The van der Waals surface area contributed by atoms with E-state index in [1.54, 1.807) is 17.9 Å². The molecule has 102 valence electrons. The second kappa shape index (κ2) is 5.25. The van der Waals surface area contributed by atoms with Crippen molar-refractivity contribution in [2.24, 2.45) is 11.1 Å². The molecule has 1 atom stereocenters. The SMILES string of the molecule is CC1(C(N)=O)CCN(C(=O)c2cc(Br)ccc2Br)C1. The highest BCUT2D eigenvalue weighted by atomic mass is 79.9. The van der Waals surface area contributed by atoms with Gasteiger partial charge in [-0.15, -0.1) is 0 Å². The van der Waals surface area contributed by atoms with Gasteiger partial charge in [0.1, 0.15) is 0 Å². The molecule has 19 heavy (non-hydrogen) atoms. The summed E-state index contributed by atoms with van der Waals surface area (Å²) < 4.78 is 1.59. The molecule has 1 aliphatic rings. The van der Waals surface area contributed by atoms with Gasteiger partial charge in [-0.3, -0.25) is 9.59 Å². The smallest absolute Gasteiger partial charge is 0.255 e. The van der Waals surface area contributed by atoms with E-state index < -0.39 is 5.41 Å². The molecule has 0 saturated carbocycles. The zero-order valence-corrected chi connectivity index (χ0v) is 13.6. The number of amides is 2.